The van der Waals surface area contributed by atoms with Gasteiger partial charge >= 0.3 is 0 Å². The van der Waals surface area contributed by atoms with Gasteiger partial charge in [0.2, 0.25) is 0 Å². The highest BCUT2D eigenvalue weighted by molar-refractivity contribution is 5.70. The number of aromatic nitrogens is 3. The number of likely N-dealkylation sites (tertiary alicyclic amines) is 1. The summed E-state index contributed by atoms with van der Waals surface area (Å²) in [5.41, 5.74) is 0.435. The van der Waals surface area contributed by atoms with Gasteiger partial charge < -0.3 is 0 Å². The average molecular weight is 234 g/mol. The minimum Gasteiger partial charge on any atom is -0.298 e. The Kier molecular flexibility index (Phi) is 2.93. The van der Waals surface area contributed by atoms with Crippen molar-refractivity contribution >= 4 is 6.29 Å². The van der Waals surface area contributed by atoms with Crippen molar-refractivity contribution in [3.8, 4) is 0 Å². The summed E-state index contributed by atoms with van der Waals surface area (Å²) in [6.45, 7) is 2.22. The lowest BCUT2D eigenvalue weighted by molar-refractivity contribution is 0.111. The lowest BCUT2D eigenvalue weighted by Crippen LogP contribution is -2.31. The Labute approximate surface area is 101 Å². The van der Waals surface area contributed by atoms with Crippen molar-refractivity contribution < 1.29 is 4.79 Å². The van der Waals surface area contributed by atoms with Crippen molar-refractivity contribution in [3.05, 3.63) is 11.9 Å². The Morgan fingerprint density at radius 3 is 2.76 bits per heavy atom. The Bertz CT molecular complexity index is 397. The lowest BCUT2D eigenvalue weighted by atomic mass is 10.2. The third kappa shape index (κ3) is 2.11. The van der Waals surface area contributed by atoms with Crippen molar-refractivity contribution in [2.75, 3.05) is 13.1 Å². The van der Waals surface area contributed by atoms with Crippen LogP contribution in [0.15, 0.2) is 6.20 Å². The highest BCUT2D eigenvalue weighted by Crippen LogP contribution is 2.30. The average Bonchev–Trinajstić information content (AvgIpc) is 3.09. The van der Waals surface area contributed by atoms with E-state index in [1.54, 1.807) is 6.20 Å². The van der Waals surface area contributed by atoms with Crippen LogP contribution in [0.2, 0.25) is 0 Å². The van der Waals surface area contributed by atoms with E-state index in [2.05, 4.69) is 15.2 Å². The zero-order valence-electron chi connectivity index (χ0n) is 9.96. The molecule has 1 aromatic heterocycles. The summed E-state index contributed by atoms with van der Waals surface area (Å²) >= 11 is 0. The summed E-state index contributed by atoms with van der Waals surface area (Å²) in [5.74, 6) is 0. The van der Waals surface area contributed by atoms with Crippen LogP contribution in [0.5, 0.6) is 0 Å². The van der Waals surface area contributed by atoms with Gasteiger partial charge in [-0.05, 0) is 19.3 Å². The fourth-order valence-corrected chi connectivity index (χ4v) is 3.11. The zero-order chi connectivity index (χ0) is 11.7. The van der Waals surface area contributed by atoms with Crippen LogP contribution in [-0.2, 0) is 0 Å². The molecular weight excluding hydrogens is 216 g/mol. The van der Waals surface area contributed by atoms with E-state index in [-0.39, 0.29) is 0 Å². The molecule has 1 atom stereocenters. The van der Waals surface area contributed by atoms with Crippen molar-refractivity contribution in [3.63, 3.8) is 0 Å². The van der Waals surface area contributed by atoms with Crippen LogP contribution in [0, 0.1) is 0 Å². The first-order chi connectivity index (χ1) is 8.36. The van der Waals surface area contributed by atoms with Gasteiger partial charge in [0.15, 0.2) is 6.29 Å². The smallest absolute Gasteiger partial charge is 0.171 e. The molecule has 0 unspecified atom stereocenters. The van der Waals surface area contributed by atoms with E-state index in [9.17, 15) is 4.79 Å². The molecule has 1 saturated heterocycles. The molecule has 92 valence electrons. The second kappa shape index (κ2) is 4.56. The van der Waals surface area contributed by atoms with Crippen molar-refractivity contribution in [2.24, 2.45) is 0 Å². The molecule has 1 aliphatic carbocycles. The van der Waals surface area contributed by atoms with Crippen LogP contribution in [0.25, 0.3) is 0 Å². The van der Waals surface area contributed by atoms with E-state index in [4.69, 9.17) is 0 Å². The summed E-state index contributed by atoms with van der Waals surface area (Å²) < 4.78 is 1.86. The van der Waals surface area contributed by atoms with Gasteiger partial charge in [0.05, 0.1) is 12.2 Å². The fourth-order valence-electron chi connectivity index (χ4n) is 3.11. The minimum atomic E-state index is 0.400. The van der Waals surface area contributed by atoms with Gasteiger partial charge in [-0.3, -0.25) is 9.69 Å². The minimum absolute atomic E-state index is 0.400. The maximum atomic E-state index is 10.6. The third-order valence-corrected chi connectivity index (χ3v) is 4.06. The van der Waals surface area contributed by atoms with E-state index in [1.165, 1.54) is 25.7 Å². The van der Waals surface area contributed by atoms with E-state index < -0.39 is 0 Å². The molecule has 17 heavy (non-hydrogen) atoms. The predicted molar refractivity (Wildman–Crippen MR) is 62.9 cm³/mol. The quantitative estimate of drug-likeness (QED) is 0.739. The number of rotatable bonds is 3. The molecule has 2 fully saturated rings. The van der Waals surface area contributed by atoms with E-state index >= 15 is 0 Å². The number of carbonyl (C=O) groups is 1. The summed E-state index contributed by atoms with van der Waals surface area (Å²) in [6, 6.07) is 1.19. The Balaban J connectivity index is 1.64. The Morgan fingerprint density at radius 1 is 1.24 bits per heavy atom. The number of nitrogens with zero attached hydrogens (tertiary/aromatic N) is 4. The maximum Gasteiger partial charge on any atom is 0.171 e. The highest BCUT2D eigenvalue weighted by atomic mass is 16.1. The van der Waals surface area contributed by atoms with Gasteiger partial charge in [0, 0.05) is 19.1 Å². The monoisotopic (exact) mass is 234 g/mol. The normalized spacial score (nSPS) is 26.7. The predicted octanol–water partition coefficient (Wildman–Crippen LogP) is 1.28. The van der Waals surface area contributed by atoms with Crippen molar-refractivity contribution in [1.82, 2.24) is 19.9 Å². The molecule has 2 aliphatic rings. The van der Waals surface area contributed by atoms with Gasteiger partial charge in [-0.2, -0.15) is 0 Å². The number of hydrogen-bond acceptors (Lipinski definition) is 4. The third-order valence-electron chi connectivity index (χ3n) is 4.06. The molecule has 0 amide bonds. The molecule has 0 spiro atoms. The molecule has 0 radical (unpaired) electrons. The molecular formula is C12H18N4O. The van der Waals surface area contributed by atoms with Crippen LogP contribution in [0.3, 0.4) is 0 Å². The molecule has 2 heterocycles. The molecule has 0 bridgehead atoms. The van der Waals surface area contributed by atoms with Crippen LogP contribution in [-0.4, -0.2) is 45.3 Å². The molecule has 1 saturated carbocycles. The first-order valence-corrected chi connectivity index (χ1v) is 6.48. The zero-order valence-corrected chi connectivity index (χ0v) is 9.96. The SMILES string of the molecule is O=Cc1cn([C@H]2CCN(C3CCCC3)C2)nn1. The maximum absolute atomic E-state index is 10.6. The summed E-state index contributed by atoms with van der Waals surface area (Å²) in [4.78, 5) is 13.2. The van der Waals surface area contributed by atoms with Crippen LogP contribution < -0.4 is 0 Å². The molecule has 5 nitrogen and oxygen atoms in total. The molecule has 1 aliphatic heterocycles. The van der Waals surface area contributed by atoms with Gasteiger partial charge in [-0.25, -0.2) is 4.68 Å². The largest absolute Gasteiger partial charge is 0.298 e. The summed E-state index contributed by atoms with van der Waals surface area (Å²) in [5, 5.41) is 7.87. The number of carbonyl (C=O) groups excluding carboxylic acids is 1. The van der Waals surface area contributed by atoms with Crippen molar-refractivity contribution in [2.45, 2.75) is 44.2 Å². The first-order valence-electron chi connectivity index (χ1n) is 6.48. The molecule has 0 N–H and O–H groups in total. The molecule has 5 heteroatoms. The Hall–Kier alpha value is -1.23. The number of hydrogen-bond donors (Lipinski definition) is 0. The second-order valence-electron chi connectivity index (χ2n) is 5.12. The van der Waals surface area contributed by atoms with E-state index in [0.717, 1.165) is 31.8 Å². The van der Waals surface area contributed by atoms with Gasteiger partial charge in [0.1, 0.15) is 5.69 Å². The molecule has 3 rings (SSSR count). The second-order valence-corrected chi connectivity index (χ2v) is 5.12. The van der Waals surface area contributed by atoms with Crippen LogP contribution in [0.1, 0.15) is 48.6 Å². The molecule has 0 aromatic carbocycles. The lowest BCUT2D eigenvalue weighted by Gasteiger charge is -2.23. The Morgan fingerprint density at radius 2 is 2.06 bits per heavy atom. The van der Waals surface area contributed by atoms with E-state index in [0.29, 0.717) is 11.7 Å². The summed E-state index contributed by atoms with van der Waals surface area (Å²) in [7, 11) is 0. The first kappa shape index (κ1) is 10.9. The van der Waals surface area contributed by atoms with Gasteiger partial charge in [0.25, 0.3) is 0 Å². The van der Waals surface area contributed by atoms with Crippen molar-refractivity contribution in [1.29, 1.82) is 0 Å². The van der Waals surface area contributed by atoms with Crippen LogP contribution in [0.4, 0.5) is 0 Å². The summed E-state index contributed by atoms with van der Waals surface area (Å²) in [6.07, 6.45) is 9.10. The molecule has 1 aromatic rings. The standard InChI is InChI=1S/C12H18N4O/c17-9-10-7-16(14-13-10)12-5-6-15(8-12)11-3-1-2-4-11/h7,9,11-12H,1-6,8H2/t12-/m0/s1. The highest BCUT2D eigenvalue weighted by Gasteiger charge is 2.31. The topological polar surface area (TPSA) is 51.0 Å². The van der Waals surface area contributed by atoms with Crippen LogP contribution >= 0.6 is 0 Å². The van der Waals surface area contributed by atoms with Gasteiger partial charge in [-0.1, -0.05) is 18.1 Å². The van der Waals surface area contributed by atoms with E-state index in [1.807, 2.05) is 4.68 Å². The fraction of sp³-hybridized carbons (Fsp3) is 0.750. The number of aldehydes is 1. The van der Waals surface area contributed by atoms with Gasteiger partial charge in [-0.15, -0.1) is 5.10 Å².